The number of rotatable bonds is 6. The number of amides is 1. The van der Waals surface area contributed by atoms with Crippen LogP contribution in [0, 0.1) is 5.92 Å². The third-order valence-corrected chi connectivity index (χ3v) is 6.55. The van der Waals surface area contributed by atoms with Gasteiger partial charge in [-0.1, -0.05) is 23.7 Å². The Morgan fingerprint density at radius 2 is 2.10 bits per heavy atom. The van der Waals surface area contributed by atoms with Gasteiger partial charge in [-0.2, -0.15) is 0 Å². The van der Waals surface area contributed by atoms with Gasteiger partial charge in [0.1, 0.15) is 0 Å². The van der Waals surface area contributed by atoms with Gasteiger partial charge in [-0.05, 0) is 38.3 Å². The van der Waals surface area contributed by atoms with Gasteiger partial charge in [0.05, 0.1) is 18.2 Å². The zero-order chi connectivity index (χ0) is 21.1. The van der Waals surface area contributed by atoms with E-state index < -0.39 is 0 Å². The third kappa shape index (κ3) is 4.52. The lowest BCUT2D eigenvalue weighted by molar-refractivity contribution is -0.151. The lowest BCUT2D eigenvalue weighted by Crippen LogP contribution is -2.42. The van der Waals surface area contributed by atoms with E-state index in [4.69, 9.17) is 16.3 Å². The summed E-state index contributed by atoms with van der Waals surface area (Å²) in [7, 11) is 0. The van der Waals surface area contributed by atoms with E-state index in [-0.39, 0.29) is 17.8 Å². The number of ether oxygens (including phenoxy) is 1. The van der Waals surface area contributed by atoms with Gasteiger partial charge in [0.2, 0.25) is 5.91 Å². The summed E-state index contributed by atoms with van der Waals surface area (Å²) in [5, 5.41) is 2.75. The Balaban J connectivity index is 1.40. The largest absolute Gasteiger partial charge is 0.466 e. The first-order valence-electron chi connectivity index (χ1n) is 10.2. The molecule has 0 N–H and O–H groups in total. The topological polar surface area (TPSA) is 63.9 Å². The van der Waals surface area contributed by atoms with Crippen LogP contribution in [0.4, 0.5) is 0 Å². The van der Waals surface area contributed by atoms with Crippen molar-refractivity contribution in [1.29, 1.82) is 0 Å². The maximum Gasteiger partial charge on any atom is 0.310 e. The number of thiazole rings is 1. The van der Waals surface area contributed by atoms with Crippen molar-refractivity contribution in [2.45, 2.75) is 32.6 Å². The summed E-state index contributed by atoms with van der Waals surface area (Å²) in [6.45, 7) is 3.35. The Morgan fingerprint density at radius 1 is 1.30 bits per heavy atom. The van der Waals surface area contributed by atoms with Crippen LogP contribution in [0.25, 0.3) is 16.2 Å². The molecule has 1 fully saturated rings. The van der Waals surface area contributed by atoms with Gasteiger partial charge in [-0.25, -0.2) is 4.98 Å². The summed E-state index contributed by atoms with van der Waals surface area (Å²) >= 11 is 7.54. The van der Waals surface area contributed by atoms with E-state index in [2.05, 4.69) is 14.8 Å². The number of halogens is 1. The van der Waals surface area contributed by atoms with Crippen molar-refractivity contribution in [2.75, 3.05) is 19.7 Å². The van der Waals surface area contributed by atoms with Crippen molar-refractivity contribution < 1.29 is 14.3 Å². The van der Waals surface area contributed by atoms with Crippen LogP contribution in [0.3, 0.4) is 0 Å². The molecule has 3 heterocycles. The molecule has 1 aliphatic heterocycles. The number of benzene rings is 1. The molecule has 1 atom stereocenters. The molecular formula is C22H24ClN3O3S. The fraction of sp³-hybridized carbons (Fsp3) is 0.409. The molecule has 0 saturated carbocycles. The van der Waals surface area contributed by atoms with Gasteiger partial charge in [0.25, 0.3) is 0 Å². The van der Waals surface area contributed by atoms with Crippen LogP contribution in [0.1, 0.15) is 31.9 Å². The first-order chi connectivity index (χ1) is 14.5. The molecule has 0 aliphatic carbocycles. The average Bonchev–Trinajstić information content (AvgIpc) is 3.34. The molecule has 1 saturated heterocycles. The molecule has 1 amide bonds. The number of fused-ring (bicyclic) bond motifs is 1. The molecule has 0 bridgehead atoms. The summed E-state index contributed by atoms with van der Waals surface area (Å²) in [5.41, 5.74) is 2.96. The van der Waals surface area contributed by atoms with Crippen LogP contribution in [-0.4, -0.2) is 45.9 Å². The highest BCUT2D eigenvalue weighted by Gasteiger charge is 2.29. The Morgan fingerprint density at radius 3 is 2.87 bits per heavy atom. The molecule has 0 spiro atoms. The van der Waals surface area contributed by atoms with Crippen molar-refractivity contribution in [3.05, 3.63) is 46.6 Å². The smallest absolute Gasteiger partial charge is 0.310 e. The minimum absolute atomic E-state index is 0.0846. The van der Waals surface area contributed by atoms with Crippen LogP contribution in [-0.2, 0) is 20.7 Å². The van der Waals surface area contributed by atoms with Gasteiger partial charge in [0.15, 0.2) is 4.96 Å². The maximum absolute atomic E-state index is 12.8. The Hall–Kier alpha value is -2.38. The quantitative estimate of drug-likeness (QED) is 0.526. The first-order valence-corrected chi connectivity index (χ1v) is 11.5. The number of carbonyl (C=O) groups excluding carboxylic acids is 2. The monoisotopic (exact) mass is 445 g/mol. The van der Waals surface area contributed by atoms with Crippen LogP contribution < -0.4 is 0 Å². The number of aryl methyl sites for hydroxylation is 1. The standard InChI is InChI=1S/C22H24ClN3O3S/c1-2-29-21(28)16-4-3-11-25(12-16)20(27)10-9-18-14-30-22-24-19(13-26(18)22)15-5-7-17(23)8-6-15/h5-8,13-14,16H,2-4,9-12H2,1H3/t16-/m1/s1. The maximum atomic E-state index is 12.8. The number of piperidine rings is 1. The van der Waals surface area contributed by atoms with E-state index in [1.807, 2.05) is 35.4 Å². The van der Waals surface area contributed by atoms with Gasteiger partial charge in [-0.15, -0.1) is 11.3 Å². The van der Waals surface area contributed by atoms with Crippen molar-refractivity contribution >= 4 is 39.8 Å². The second kappa shape index (κ2) is 9.18. The van der Waals surface area contributed by atoms with Gasteiger partial charge >= 0.3 is 5.97 Å². The number of nitrogens with zero attached hydrogens (tertiary/aromatic N) is 3. The number of carbonyl (C=O) groups is 2. The van der Waals surface area contributed by atoms with Crippen molar-refractivity contribution in [3.63, 3.8) is 0 Å². The number of hydrogen-bond donors (Lipinski definition) is 0. The zero-order valence-electron chi connectivity index (χ0n) is 16.8. The summed E-state index contributed by atoms with van der Waals surface area (Å²) in [6, 6.07) is 7.61. The fourth-order valence-electron chi connectivity index (χ4n) is 3.82. The van der Waals surface area contributed by atoms with Crippen LogP contribution in [0.2, 0.25) is 5.02 Å². The highest BCUT2D eigenvalue weighted by atomic mass is 35.5. The summed E-state index contributed by atoms with van der Waals surface area (Å²) in [4.78, 5) is 32.2. The highest BCUT2D eigenvalue weighted by Crippen LogP contribution is 2.26. The Kier molecular flexibility index (Phi) is 6.39. The average molecular weight is 446 g/mol. The predicted octanol–water partition coefficient (Wildman–Crippen LogP) is 4.45. The molecule has 0 radical (unpaired) electrons. The normalized spacial score (nSPS) is 16.7. The Bertz CT molecular complexity index is 1040. The van der Waals surface area contributed by atoms with Crippen molar-refractivity contribution in [3.8, 4) is 11.3 Å². The second-order valence-electron chi connectivity index (χ2n) is 7.44. The van der Waals surface area contributed by atoms with Gasteiger partial charge in [-0.3, -0.25) is 14.0 Å². The van der Waals surface area contributed by atoms with E-state index in [9.17, 15) is 9.59 Å². The first kappa shape index (κ1) is 20.9. The molecule has 0 unspecified atom stereocenters. The number of aromatic nitrogens is 2. The molecule has 4 rings (SSSR count). The minimum atomic E-state index is -0.203. The van der Waals surface area contributed by atoms with Crippen molar-refractivity contribution in [2.24, 2.45) is 5.92 Å². The Labute approximate surface area is 184 Å². The molecule has 2 aromatic heterocycles. The van der Waals surface area contributed by atoms with E-state index in [0.717, 1.165) is 34.8 Å². The molecule has 1 aromatic carbocycles. The number of esters is 1. The summed E-state index contributed by atoms with van der Waals surface area (Å²) < 4.78 is 7.18. The molecule has 6 nitrogen and oxygen atoms in total. The fourth-order valence-corrected chi connectivity index (χ4v) is 4.85. The molecule has 30 heavy (non-hydrogen) atoms. The molecule has 3 aromatic rings. The number of hydrogen-bond acceptors (Lipinski definition) is 5. The van der Waals surface area contributed by atoms with E-state index in [1.165, 1.54) is 0 Å². The second-order valence-corrected chi connectivity index (χ2v) is 8.72. The highest BCUT2D eigenvalue weighted by molar-refractivity contribution is 7.15. The van der Waals surface area contributed by atoms with Crippen LogP contribution in [0.5, 0.6) is 0 Å². The summed E-state index contributed by atoms with van der Waals surface area (Å²) in [6.07, 6.45) is 4.68. The van der Waals surface area contributed by atoms with E-state index in [0.29, 0.717) is 37.6 Å². The van der Waals surface area contributed by atoms with Crippen LogP contribution >= 0.6 is 22.9 Å². The lowest BCUT2D eigenvalue weighted by Gasteiger charge is -2.31. The van der Waals surface area contributed by atoms with Crippen molar-refractivity contribution in [1.82, 2.24) is 14.3 Å². The predicted molar refractivity (Wildman–Crippen MR) is 118 cm³/mol. The SMILES string of the molecule is CCOC(=O)[C@@H]1CCCN(C(=O)CCc2csc3nc(-c4ccc(Cl)cc4)cn23)C1. The number of imidazole rings is 1. The molecule has 158 valence electrons. The van der Waals surface area contributed by atoms with Gasteiger partial charge < -0.3 is 9.64 Å². The number of likely N-dealkylation sites (tertiary alicyclic amines) is 1. The van der Waals surface area contributed by atoms with E-state index >= 15 is 0 Å². The van der Waals surface area contributed by atoms with E-state index in [1.54, 1.807) is 18.3 Å². The lowest BCUT2D eigenvalue weighted by atomic mass is 9.98. The van der Waals surface area contributed by atoms with Gasteiger partial charge in [0, 0.05) is 47.4 Å². The molecule has 8 heteroatoms. The molecular weight excluding hydrogens is 422 g/mol. The zero-order valence-corrected chi connectivity index (χ0v) is 18.4. The minimum Gasteiger partial charge on any atom is -0.466 e. The van der Waals surface area contributed by atoms with Crippen LogP contribution in [0.15, 0.2) is 35.8 Å². The molecule has 1 aliphatic rings. The summed E-state index contributed by atoms with van der Waals surface area (Å²) in [5.74, 6) is -0.310. The third-order valence-electron chi connectivity index (χ3n) is 5.41.